The summed E-state index contributed by atoms with van der Waals surface area (Å²) in [5.41, 5.74) is 1.06. The van der Waals surface area contributed by atoms with Gasteiger partial charge < -0.3 is 10.0 Å². The van der Waals surface area contributed by atoms with Gasteiger partial charge in [0.1, 0.15) is 6.54 Å². The lowest BCUT2D eigenvalue weighted by Gasteiger charge is -2.19. The first-order valence-corrected chi connectivity index (χ1v) is 4.99. The molecule has 0 radical (unpaired) electrons. The Hall–Kier alpha value is -1.91. The van der Waals surface area contributed by atoms with Crippen LogP contribution in [-0.2, 0) is 4.79 Å². The van der Waals surface area contributed by atoms with E-state index in [1.54, 1.807) is 32.2 Å². The third-order valence-electron chi connectivity index (χ3n) is 2.23. The molecule has 5 nitrogen and oxygen atoms in total. The van der Waals surface area contributed by atoms with Gasteiger partial charge in [-0.1, -0.05) is 0 Å². The lowest BCUT2D eigenvalue weighted by molar-refractivity contribution is -0.137. The predicted molar refractivity (Wildman–Crippen MR) is 58.2 cm³/mol. The highest BCUT2D eigenvalue weighted by Gasteiger charge is 2.18. The first-order valence-electron chi connectivity index (χ1n) is 4.99. The molecule has 0 aromatic carbocycles. The number of nitrogens with zero attached hydrogens (tertiary/aromatic N) is 2. The third kappa shape index (κ3) is 2.79. The minimum atomic E-state index is -1.02. The number of amides is 1. The molecule has 1 amide bonds. The maximum absolute atomic E-state index is 12.0. The van der Waals surface area contributed by atoms with Crippen LogP contribution in [0.4, 0.5) is 0 Å². The van der Waals surface area contributed by atoms with Gasteiger partial charge in [-0.3, -0.25) is 14.6 Å². The summed E-state index contributed by atoms with van der Waals surface area (Å²) in [6, 6.07) is 3.31. The van der Waals surface area contributed by atoms with E-state index < -0.39 is 5.97 Å². The van der Waals surface area contributed by atoms with Crippen LogP contribution in [0, 0.1) is 6.92 Å². The van der Waals surface area contributed by atoms with Crippen LogP contribution in [0.3, 0.4) is 0 Å². The molecule has 16 heavy (non-hydrogen) atoms. The Balaban J connectivity index is 2.91. The van der Waals surface area contributed by atoms with Crippen LogP contribution in [0.25, 0.3) is 0 Å². The monoisotopic (exact) mass is 222 g/mol. The number of aliphatic carboxylic acids is 1. The molecule has 1 aromatic heterocycles. The van der Waals surface area contributed by atoms with Crippen LogP contribution in [-0.4, -0.2) is 40.0 Å². The molecule has 1 rings (SSSR count). The van der Waals surface area contributed by atoms with Gasteiger partial charge in [-0.15, -0.1) is 0 Å². The summed E-state index contributed by atoms with van der Waals surface area (Å²) in [4.78, 5) is 27.8. The zero-order valence-electron chi connectivity index (χ0n) is 9.30. The molecule has 0 fully saturated rings. The number of carbonyl (C=O) groups is 2. The maximum atomic E-state index is 12.0. The molecule has 1 aromatic rings. The highest BCUT2D eigenvalue weighted by molar-refractivity contribution is 5.96. The van der Waals surface area contributed by atoms with Crippen LogP contribution in [0.2, 0.25) is 0 Å². The van der Waals surface area contributed by atoms with Gasteiger partial charge in [0.2, 0.25) is 0 Å². The Kier molecular flexibility index (Phi) is 3.99. The summed E-state index contributed by atoms with van der Waals surface area (Å²) < 4.78 is 0. The standard InChI is InChI=1S/C11H14N2O3/c1-3-13(7-10(14)15)11(16)9-5-4-6-12-8(9)2/h4-6H,3,7H2,1-2H3,(H,14,15). The summed E-state index contributed by atoms with van der Waals surface area (Å²) in [5, 5.41) is 8.67. The number of likely N-dealkylation sites (N-methyl/N-ethyl adjacent to an activating group) is 1. The van der Waals surface area contributed by atoms with Crippen molar-refractivity contribution in [2.45, 2.75) is 13.8 Å². The van der Waals surface area contributed by atoms with Crippen LogP contribution in [0.1, 0.15) is 23.0 Å². The van der Waals surface area contributed by atoms with Gasteiger partial charge in [0, 0.05) is 18.4 Å². The van der Waals surface area contributed by atoms with Gasteiger partial charge in [-0.2, -0.15) is 0 Å². The van der Waals surface area contributed by atoms with Gasteiger partial charge in [0.25, 0.3) is 5.91 Å². The number of pyridine rings is 1. The molecule has 0 saturated heterocycles. The fourth-order valence-electron chi connectivity index (χ4n) is 1.37. The maximum Gasteiger partial charge on any atom is 0.323 e. The predicted octanol–water partition coefficient (Wildman–Crippen LogP) is 0.937. The second-order valence-corrected chi connectivity index (χ2v) is 3.35. The first kappa shape index (κ1) is 12.2. The van der Waals surface area contributed by atoms with E-state index in [0.717, 1.165) is 0 Å². The normalized spacial score (nSPS) is 9.88. The van der Waals surface area contributed by atoms with Gasteiger partial charge in [0.15, 0.2) is 0 Å². The number of carboxylic acid groups (broad SMARTS) is 1. The molecule has 0 atom stereocenters. The van der Waals surface area contributed by atoms with E-state index in [2.05, 4.69) is 4.98 Å². The second kappa shape index (κ2) is 5.25. The summed E-state index contributed by atoms with van der Waals surface area (Å²) in [6.07, 6.45) is 1.60. The Morgan fingerprint density at radius 1 is 1.50 bits per heavy atom. The van der Waals surface area contributed by atoms with Crippen molar-refractivity contribution in [1.29, 1.82) is 0 Å². The van der Waals surface area contributed by atoms with Crippen molar-refractivity contribution in [3.05, 3.63) is 29.6 Å². The van der Waals surface area contributed by atoms with Crippen molar-refractivity contribution in [3.8, 4) is 0 Å². The highest BCUT2D eigenvalue weighted by atomic mass is 16.4. The van der Waals surface area contributed by atoms with Gasteiger partial charge in [-0.25, -0.2) is 0 Å². The van der Waals surface area contributed by atoms with E-state index in [9.17, 15) is 9.59 Å². The number of rotatable bonds is 4. The average Bonchev–Trinajstić information content (AvgIpc) is 2.25. The molecule has 1 heterocycles. The minimum Gasteiger partial charge on any atom is -0.480 e. The van der Waals surface area contributed by atoms with Gasteiger partial charge in [-0.05, 0) is 26.0 Å². The van der Waals surface area contributed by atoms with E-state index in [1.807, 2.05) is 0 Å². The molecule has 1 N–H and O–H groups in total. The topological polar surface area (TPSA) is 70.5 Å². The number of aryl methyl sites for hydroxylation is 1. The zero-order chi connectivity index (χ0) is 12.1. The van der Waals surface area contributed by atoms with E-state index in [1.165, 1.54) is 4.90 Å². The lowest BCUT2D eigenvalue weighted by Crippen LogP contribution is -2.35. The molecule has 0 aliphatic carbocycles. The van der Waals surface area contributed by atoms with Crippen LogP contribution < -0.4 is 0 Å². The van der Waals surface area contributed by atoms with Crippen molar-refractivity contribution in [2.75, 3.05) is 13.1 Å². The van der Waals surface area contributed by atoms with Crippen molar-refractivity contribution in [1.82, 2.24) is 9.88 Å². The molecule has 5 heteroatoms. The fourth-order valence-corrected chi connectivity index (χ4v) is 1.37. The van der Waals surface area contributed by atoms with Crippen molar-refractivity contribution < 1.29 is 14.7 Å². The summed E-state index contributed by atoms with van der Waals surface area (Å²) in [7, 11) is 0. The third-order valence-corrected chi connectivity index (χ3v) is 2.23. The molecule has 0 aliphatic heterocycles. The summed E-state index contributed by atoms with van der Waals surface area (Å²) in [5.74, 6) is -1.31. The van der Waals surface area contributed by atoms with Gasteiger partial charge >= 0.3 is 5.97 Å². The van der Waals surface area contributed by atoms with Crippen molar-refractivity contribution in [3.63, 3.8) is 0 Å². The molecule has 0 aliphatic rings. The minimum absolute atomic E-state index is 0.288. The van der Waals surface area contributed by atoms with E-state index in [4.69, 9.17) is 5.11 Å². The highest BCUT2D eigenvalue weighted by Crippen LogP contribution is 2.07. The van der Waals surface area contributed by atoms with Gasteiger partial charge in [0.05, 0.1) is 5.56 Å². The molecular weight excluding hydrogens is 208 g/mol. The largest absolute Gasteiger partial charge is 0.480 e. The number of carboxylic acids is 1. The van der Waals surface area contributed by atoms with E-state index in [-0.39, 0.29) is 12.5 Å². The smallest absolute Gasteiger partial charge is 0.323 e. The molecule has 0 unspecified atom stereocenters. The second-order valence-electron chi connectivity index (χ2n) is 3.35. The first-order chi connectivity index (χ1) is 7.56. The average molecular weight is 222 g/mol. The number of hydrogen-bond acceptors (Lipinski definition) is 3. The molecule has 86 valence electrons. The molecular formula is C11H14N2O3. The van der Waals surface area contributed by atoms with Crippen LogP contribution in [0.15, 0.2) is 18.3 Å². The Morgan fingerprint density at radius 3 is 2.69 bits per heavy atom. The Bertz CT molecular complexity index is 404. The Labute approximate surface area is 93.7 Å². The summed E-state index contributed by atoms with van der Waals surface area (Å²) in [6.45, 7) is 3.54. The van der Waals surface area contributed by atoms with Crippen molar-refractivity contribution >= 4 is 11.9 Å². The van der Waals surface area contributed by atoms with E-state index >= 15 is 0 Å². The lowest BCUT2D eigenvalue weighted by atomic mass is 10.2. The van der Waals surface area contributed by atoms with Crippen LogP contribution in [0.5, 0.6) is 0 Å². The zero-order valence-corrected chi connectivity index (χ0v) is 9.30. The Morgan fingerprint density at radius 2 is 2.19 bits per heavy atom. The molecule has 0 bridgehead atoms. The molecule has 0 spiro atoms. The SMILES string of the molecule is CCN(CC(=O)O)C(=O)c1cccnc1C. The van der Waals surface area contributed by atoms with Crippen LogP contribution >= 0.6 is 0 Å². The summed E-state index contributed by atoms with van der Waals surface area (Å²) >= 11 is 0. The molecule has 0 saturated carbocycles. The van der Waals surface area contributed by atoms with Crippen molar-refractivity contribution in [2.24, 2.45) is 0 Å². The fraction of sp³-hybridized carbons (Fsp3) is 0.364. The number of aromatic nitrogens is 1. The number of carbonyl (C=O) groups excluding carboxylic acids is 1. The van der Waals surface area contributed by atoms with E-state index in [0.29, 0.717) is 17.8 Å². The quantitative estimate of drug-likeness (QED) is 0.822. The number of hydrogen-bond donors (Lipinski definition) is 1.